The number of morpholine rings is 1. The van der Waals surface area contributed by atoms with Crippen molar-refractivity contribution in [2.75, 3.05) is 43.5 Å². The minimum absolute atomic E-state index is 0.0652. The van der Waals surface area contributed by atoms with Crippen LogP contribution in [0.3, 0.4) is 0 Å². The van der Waals surface area contributed by atoms with Gasteiger partial charge >= 0.3 is 0 Å². The zero-order valence-corrected chi connectivity index (χ0v) is 17.2. The molecule has 7 nitrogen and oxygen atoms in total. The van der Waals surface area contributed by atoms with Crippen molar-refractivity contribution in [2.45, 2.75) is 0 Å². The molecule has 4 rings (SSSR count). The van der Waals surface area contributed by atoms with Crippen LogP contribution in [0.1, 0.15) is 10.5 Å². The van der Waals surface area contributed by atoms with Crippen molar-refractivity contribution in [2.24, 2.45) is 0 Å². The van der Waals surface area contributed by atoms with Crippen LogP contribution >= 0.6 is 11.3 Å². The van der Waals surface area contributed by atoms with E-state index >= 15 is 0 Å². The van der Waals surface area contributed by atoms with Crippen LogP contribution < -0.4 is 10.6 Å². The quantitative estimate of drug-likeness (QED) is 0.637. The maximum Gasteiger partial charge on any atom is 0.275 e. The van der Waals surface area contributed by atoms with Gasteiger partial charge in [0.1, 0.15) is 10.7 Å². The van der Waals surface area contributed by atoms with E-state index in [-0.39, 0.29) is 11.8 Å². The second-order valence-electron chi connectivity index (χ2n) is 6.87. The van der Waals surface area contributed by atoms with Crippen LogP contribution in [0.25, 0.3) is 10.6 Å². The predicted molar refractivity (Wildman–Crippen MR) is 118 cm³/mol. The second kappa shape index (κ2) is 9.62. The first-order valence-corrected chi connectivity index (χ1v) is 10.6. The number of nitrogens with zero attached hydrogens (tertiary/aromatic N) is 2. The average Bonchev–Trinajstić information content (AvgIpc) is 3.27. The Hall–Kier alpha value is -3.07. The summed E-state index contributed by atoms with van der Waals surface area (Å²) in [6, 6.07) is 16.8. The first-order valence-electron chi connectivity index (χ1n) is 9.70. The van der Waals surface area contributed by atoms with Gasteiger partial charge in [-0.3, -0.25) is 14.5 Å². The third-order valence-electron chi connectivity index (χ3n) is 4.66. The van der Waals surface area contributed by atoms with Gasteiger partial charge in [0.15, 0.2) is 0 Å². The summed E-state index contributed by atoms with van der Waals surface area (Å²) in [5.74, 6) is -0.331. The Bertz CT molecular complexity index is 999. The van der Waals surface area contributed by atoms with E-state index in [2.05, 4.69) is 20.5 Å². The molecular weight excluding hydrogens is 400 g/mol. The number of hydrogen-bond donors (Lipinski definition) is 2. The van der Waals surface area contributed by atoms with Crippen molar-refractivity contribution in [1.29, 1.82) is 0 Å². The number of hydrogen-bond acceptors (Lipinski definition) is 6. The van der Waals surface area contributed by atoms with Gasteiger partial charge in [-0.05, 0) is 24.3 Å². The van der Waals surface area contributed by atoms with Crippen molar-refractivity contribution < 1.29 is 14.3 Å². The van der Waals surface area contributed by atoms with Crippen LogP contribution in [-0.2, 0) is 9.53 Å². The summed E-state index contributed by atoms with van der Waals surface area (Å²) in [5.41, 5.74) is 2.69. The van der Waals surface area contributed by atoms with E-state index in [9.17, 15) is 9.59 Å². The lowest BCUT2D eigenvalue weighted by Crippen LogP contribution is -2.41. The third kappa shape index (κ3) is 5.29. The van der Waals surface area contributed by atoms with Crippen LogP contribution in [-0.4, -0.2) is 54.5 Å². The molecule has 154 valence electrons. The molecule has 0 radical (unpaired) electrons. The van der Waals surface area contributed by atoms with E-state index in [4.69, 9.17) is 4.74 Å². The fourth-order valence-electron chi connectivity index (χ4n) is 3.09. The zero-order chi connectivity index (χ0) is 20.8. The highest BCUT2D eigenvalue weighted by molar-refractivity contribution is 7.13. The molecule has 0 unspecified atom stereocenters. The molecule has 2 aromatic carbocycles. The molecule has 1 aliphatic heterocycles. The largest absolute Gasteiger partial charge is 0.379 e. The lowest BCUT2D eigenvalue weighted by Gasteiger charge is -2.25. The van der Waals surface area contributed by atoms with E-state index in [1.165, 1.54) is 11.3 Å². The topological polar surface area (TPSA) is 83.6 Å². The van der Waals surface area contributed by atoms with Crippen molar-refractivity contribution in [1.82, 2.24) is 9.88 Å². The van der Waals surface area contributed by atoms with E-state index in [0.717, 1.165) is 23.7 Å². The number of benzene rings is 2. The summed E-state index contributed by atoms with van der Waals surface area (Å²) in [5, 5.41) is 8.27. The highest BCUT2D eigenvalue weighted by atomic mass is 32.1. The summed E-state index contributed by atoms with van der Waals surface area (Å²) < 4.78 is 5.29. The van der Waals surface area contributed by atoms with E-state index in [1.54, 1.807) is 29.6 Å². The molecule has 1 fully saturated rings. The molecule has 0 bridgehead atoms. The Morgan fingerprint density at radius 1 is 0.967 bits per heavy atom. The van der Waals surface area contributed by atoms with Crippen LogP contribution in [0.15, 0.2) is 60.0 Å². The molecule has 0 atom stereocenters. The van der Waals surface area contributed by atoms with Crippen molar-refractivity contribution >= 4 is 34.5 Å². The highest BCUT2D eigenvalue weighted by Crippen LogP contribution is 2.24. The summed E-state index contributed by atoms with van der Waals surface area (Å²) >= 11 is 1.43. The number of carbonyl (C=O) groups is 2. The number of amides is 2. The SMILES string of the molecule is O=C(CN1CCOCC1)Nc1ccc(NC(=O)c2csc(-c3ccccc3)n2)cc1. The molecule has 1 aliphatic rings. The number of aromatic nitrogens is 1. The Labute approximate surface area is 178 Å². The number of rotatable bonds is 6. The highest BCUT2D eigenvalue weighted by Gasteiger charge is 2.15. The molecule has 1 saturated heterocycles. The maximum atomic E-state index is 12.5. The van der Waals surface area contributed by atoms with Gasteiger partial charge in [0.05, 0.1) is 19.8 Å². The van der Waals surface area contributed by atoms with Crippen LogP contribution in [0.5, 0.6) is 0 Å². The molecule has 1 aromatic heterocycles. The third-order valence-corrected chi connectivity index (χ3v) is 5.55. The maximum absolute atomic E-state index is 12.5. The van der Waals surface area contributed by atoms with Gasteiger partial charge in [0, 0.05) is 35.4 Å². The van der Waals surface area contributed by atoms with Gasteiger partial charge in [-0.25, -0.2) is 4.98 Å². The van der Waals surface area contributed by atoms with E-state index in [1.807, 2.05) is 30.3 Å². The van der Waals surface area contributed by atoms with Crippen LogP contribution in [0.4, 0.5) is 11.4 Å². The zero-order valence-electron chi connectivity index (χ0n) is 16.3. The summed E-state index contributed by atoms with van der Waals surface area (Å²) in [6.07, 6.45) is 0. The number of carbonyl (C=O) groups excluding carboxylic acids is 2. The Kier molecular flexibility index (Phi) is 6.48. The predicted octanol–water partition coefficient (Wildman–Crippen LogP) is 3.33. The molecule has 0 aliphatic carbocycles. The van der Waals surface area contributed by atoms with Crippen LogP contribution in [0.2, 0.25) is 0 Å². The van der Waals surface area contributed by atoms with Gasteiger partial charge < -0.3 is 15.4 Å². The number of anilines is 2. The fraction of sp³-hybridized carbons (Fsp3) is 0.227. The first kappa shape index (κ1) is 20.2. The normalized spacial score (nSPS) is 14.3. The second-order valence-corrected chi connectivity index (χ2v) is 7.73. The minimum Gasteiger partial charge on any atom is -0.379 e. The molecule has 2 heterocycles. The fourth-order valence-corrected chi connectivity index (χ4v) is 3.89. The van der Waals surface area contributed by atoms with Gasteiger partial charge in [-0.15, -0.1) is 11.3 Å². The number of nitrogens with one attached hydrogen (secondary N) is 2. The Morgan fingerprint density at radius 3 is 2.33 bits per heavy atom. The summed E-state index contributed by atoms with van der Waals surface area (Å²) in [7, 11) is 0. The molecule has 8 heteroatoms. The molecular formula is C22H22N4O3S. The van der Waals surface area contributed by atoms with Gasteiger partial charge in [0.2, 0.25) is 5.91 Å². The monoisotopic (exact) mass is 422 g/mol. The summed E-state index contributed by atoms with van der Waals surface area (Å²) in [6.45, 7) is 3.19. The first-order chi connectivity index (χ1) is 14.7. The molecule has 2 N–H and O–H groups in total. The number of thiazole rings is 1. The standard InChI is InChI=1S/C22H22N4O3S/c27-20(14-26-10-12-29-13-11-26)23-17-6-8-18(9-7-17)24-21(28)19-15-30-22(25-19)16-4-2-1-3-5-16/h1-9,15H,10-14H2,(H,23,27)(H,24,28). The van der Waals surface area contributed by atoms with E-state index in [0.29, 0.717) is 36.8 Å². The Balaban J connectivity index is 1.31. The molecule has 3 aromatic rings. The smallest absolute Gasteiger partial charge is 0.275 e. The lowest BCUT2D eigenvalue weighted by atomic mass is 10.2. The molecule has 2 amide bonds. The minimum atomic E-state index is -0.266. The van der Waals surface area contributed by atoms with Crippen molar-refractivity contribution in [3.63, 3.8) is 0 Å². The van der Waals surface area contributed by atoms with Crippen molar-refractivity contribution in [3.05, 3.63) is 65.7 Å². The summed E-state index contributed by atoms with van der Waals surface area (Å²) in [4.78, 5) is 31.2. The average molecular weight is 423 g/mol. The molecule has 0 spiro atoms. The lowest BCUT2D eigenvalue weighted by molar-refractivity contribution is -0.118. The van der Waals surface area contributed by atoms with Crippen LogP contribution in [0, 0.1) is 0 Å². The molecule has 0 saturated carbocycles. The van der Waals surface area contributed by atoms with Gasteiger partial charge in [0.25, 0.3) is 5.91 Å². The van der Waals surface area contributed by atoms with Gasteiger partial charge in [-0.2, -0.15) is 0 Å². The van der Waals surface area contributed by atoms with Crippen molar-refractivity contribution in [3.8, 4) is 10.6 Å². The van der Waals surface area contributed by atoms with E-state index < -0.39 is 0 Å². The Morgan fingerprint density at radius 2 is 1.63 bits per heavy atom. The number of ether oxygens (including phenoxy) is 1. The molecule has 30 heavy (non-hydrogen) atoms. The van der Waals surface area contributed by atoms with Gasteiger partial charge in [-0.1, -0.05) is 30.3 Å².